The fraction of sp³-hybridized carbons (Fsp3) is 0.500. The summed E-state index contributed by atoms with van der Waals surface area (Å²) in [6.45, 7) is 4.14. The molecule has 0 bridgehead atoms. The minimum atomic E-state index is 0.0963. The molecule has 94 valence electrons. The molecule has 1 aromatic carbocycles. The van der Waals surface area contributed by atoms with Crippen molar-refractivity contribution < 1.29 is 9.90 Å². The second kappa shape index (κ2) is 6.94. The Morgan fingerprint density at radius 3 is 2.59 bits per heavy atom. The van der Waals surface area contributed by atoms with Crippen molar-refractivity contribution in [1.82, 2.24) is 5.32 Å². The Morgan fingerprint density at radius 2 is 2.00 bits per heavy atom. The van der Waals surface area contributed by atoms with E-state index in [1.807, 2.05) is 19.1 Å². The molecule has 0 aromatic heterocycles. The van der Waals surface area contributed by atoms with Crippen LogP contribution < -0.4 is 5.32 Å². The molecule has 1 amide bonds. The first kappa shape index (κ1) is 13.6. The molecule has 1 aromatic rings. The Labute approximate surface area is 103 Å². The van der Waals surface area contributed by atoms with Crippen LogP contribution in [-0.2, 0) is 11.2 Å². The molecule has 1 unspecified atom stereocenters. The molecule has 0 fully saturated rings. The van der Waals surface area contributed by atoms with Crippen molar-refractivity contribution in [1.29, 1.82) is 0 Å². The van der Waals surface area contributed by atoms with E-state index >= 15 is 0 Å². The maximum absolute atomic E-state index is 11.6. The highest BCUT2D eigenvalue weighted by atomic mass is 16.3. The van der Waals surface area contributed by atoms with Crippen LogP contribution in [0.5, 0.6) is 5.75 Å². The number of rotatable bonds is 6. The van der Waals surface area contributed by atoms with Crippen LogP contribution in [0.3, 0.4) is 0 Å². The summed E-state index contributed by atoms with van der Waals surface area (Å²) in [5.74, 6) is 0.355. The summed E-state index contributed by atoms with van der Waals surface area (Å²) in [5.41, 5.74) is 1.07. The van der Waals surface area contributed by atoms with E-state index in [0.717, 1.165) is 18.4 Å². The SMILES string of the molecule is CCCC(C)NC(=O)CCc1ccc(O)cc1. The number of hydrogen-bond donors (Lipinski definition) is 2. The van der Waals surface area contributed by atoms with Gasteiger partial charge in [-0.25, -0.2) is 0 Å². The molecule has 3 heteroatoms. The largest absolute Gasteiger partial charge is 0.508 e. The van der Waals surface area contributed by atoms with Gasteiger partial charge in [0.25, 0.3) is 0 Å². The molecule has 0 saturated carbocycles. The second-order valence-electron chi connectivity index (χ2n) is 4.42. The molecular weight excluding hydrogens is 214 g/mol. The zero-order valence-corrected chi connectivity index (χ0v) is 10.6. The predicted octanol–water partition coefficient (Wildman–Crippen LogP) is 2.63. The Kier molecular flexibility index (Phi) is 5.53. The van der Waals surface area contributed by atoms with Gasteiger partial charge in [-0.2, -0.15) is 0 Å². The Balaban J connectivity index is 2.30. The highest BCUT2D eigenvalue weighted by molar-refractivity contribution is 5.76. The van der Waals surface area contributed by atoms with Crippen LogP contribution in [0.25, 0.3) is 0 Å². The smallest absolute Gasteiger partial charge is 0.220 e. The van der Waals surface area contributed by atoms with Gasteiger partial charge < -0.3 is 10.4 Å². The van der Waals surface area contributed by atoms with Crippen molar-refractivity contribution in [3.05, 3.63) is 29.8 Å². The molecular formula is C14H21NO2. The molecule has 0 aliphatic carbocycles. The van der Waals surface area contributed by atoms with Crippen molar-refractivity contribution in [2.75, 3.05) is 0 Å². The molecule has 2 N–H and O–H groups in total. The van der Waals surface area contributed by atoms with Gasteiger partial charge in [-0.15, -0.1) is 0 Å². The number of phenols is 1. The van der Waals surface area contributed by atoms with Gasteiger partial charge in [0.05, 0.1) is 0 Å². The first-order chi connectivity index (χ1) is 8.11. The van der Waals surface area contributed by atoms with E-state index in [9.17, 15) is 4.79 Å². The number of benzene rings is 1. The van der Waals surface area contributed by atoms with Gasteiger partial charge in [0.1, 0.15) is 5.75 Å². The van der Waals surface area contributed by atoms with Gasteiger partial charge in [0.15, 0.2) is 0 Å². The summed E-state index contributed by atoms with van der Waals surface area (Å²) in [7, 11) is 0. The fourth-order valence-corrected chi connectivity index (χ4v) is 1.77. The lowest BCUT2D eigenvalue weighted by atomic mass is 10.1. The zero-order chi connectivity index (χ0) is 12.7. The van der Waals surface area contributed by atoms with Crippen LogP contribution >= 0.6 is 0 Å². The van der Waals surface area contributed by atoms with E-state index < -0.39 is 0 Å². The average molecular weight is 235 g/mol. The monoisotopic (exact) mass is 235 g/mol. The summed E-state index contributed by atoms with van der Waals surface area (Å²) in [6, 6.07) is 7.24. The normalized spacial score (nSPS) is 12.1. The zero-order valence-electron chi connectivity index (χ0n) is 10.6. The minimum absolute atomic E-state index is 0.0963. The van der Waals surface area contributed by atoms with E-state index in [4.69, 9.17) is 5.11 Å². The maximum Gasteiger partial charge on any atom is 0.220 e. The predicted molar refractivity (Wildman–Crippen MR) is 68.9 cm³/mol. The average Bonchev–Trinajstić information content (AvgIpc) is 2.28. The van der Waals surface area contributed by atoms with Crippen LogP contribution in [0.2, 0.25) is 0 Å². The third kappa shape index (κ3) is 5.38. The molecule has 17 heavy (non-hydrogen) atoms. The number of carbonyl (C=O) groups excluding carboxylic acids is 1. The summed E-state index contributed by atoms with van der Waals surface area (Å²) in [5, 5.41) is 12.1. The molecule has 3 nitrogen and oxygen atoms in total. The molecule has 0 aliphatic rings. The molecule has 0 aliphatic heterocycles. The molecule has 1 rings (SSSR count). The molecule has 0 saturated heterocycles. The number of amides is 1. The number of nitrogens with one attached hydrogen (secondary N) is 1. The number of phenolic OH excluding ortho intramolecular Hbond substituents is 1. The number of hydrogen-bond acceptors (Lipinski definition) is 2. The number of aryl methyl sites for hydroxylation is 1. The quantitative estimate of drug-likeness (QED) is 0.796. The van der Waals surface area contributed by atoms with Crippen molar-refractivity contribution >= 4 is 5.91 Å². The molecule has 0 spiro atoms. The van der Waals surface area contributed by atoms with Crippen molar-refractivity contribution in [2.45, 2.75) is 45.6 Å². The van der Waals surface area contributed by atoms with Gasteiger partial charge in [0.2, 0.25) is 5.91 Å². The standard InChI is InChI=1S/C14H21NO2/c1-3-4-11(2)15-14(17)10-7-12-5-8-13(16)9-6-12/h5-6,8-9,11,16H,3-4,7,10H2,1-2H3,(H,15,17). The summed E-state index contributed by atoms with van der Waals surface area (Å²) in [4.78, 5) is 11.6. The van der Waals surface area contributed by atoms with Crippen molar-refractivity contribution in [2.24, 2.45) is 0 Å². The number of aromatic hydroxyl groups is 1. The lowest BCUT2D eigenvalue weighted by Gasteiger charge is -2.12. The fourth-order valence-electron chi connectivity index (χ4n) is 1.77. The van der Waals surface area contributed by atoms with Crippen LogP contribution in [0, 0.1) is 0 Å². The number of carbonyl (C=O) groups is 1. The lowest BCUT2D eigenvalue weighted by molar-refractivity contribution is -0.121. The summed E-state index contributed by atoms with van der Waals surface area (Å²) in [6.07, 6.45) is 3.31. The first-order valence-corrected chi connectivity index (χ1v) is 6.19. The highest BCUT2D eigenvalue weighted by Gasteiger charge is 2.06. The van der Waals surface area contributed by atoms with Gasteiger partial charge in [0, 0.05) is 12.5 Å². The van der Waals surface area contributed by atoms with Crippen LogP contribution in [0.4, 0.5) is 0 Å². The molecule has 1 atom stereocenters. The third-order valence-electron chi connectivity index (χ3n) is 2.71. The van der Waals surface area contributed by atoms with E-state index in [0.29, 0.717) is 12.8 Å². The highest BCUT2D eigenvalue weighted by Crippen LogP contribution is 2.11. The van der Waals surface area contributed by atoms with E-state index in [2.05, 4.69) is 12.2 Å². The van der Waals surface area contributed by atoms with Crippen molar-refractivity contribution in [3.63, 3.8) is 0 Å². The van der Waals surface area contributed by atoms with Gasteiger partial charge in [-0.1, -0.05) is 25.5 Å². The Hall–Kier alpha value is -1.51. The van der Waals surface area contributed by atoms with E-state index in [1.165, 1.54) is 0 Å². The van der Waals surface area contributed by atoms with E-state index in [-0.39, 0.29) is 17.7 Å². The van der Waals surface area contributed by atoms with Gasteiger partial charge in [-0.05, 0) is 37.5 Å². The Bertz CT molecular complexity index is 346. The summed E-state index contributed by atoms with van der Waals surface area (Å²) >= 11 is 0. The second-order valence-corrected chi connectivity index (χ2v) is 4.42. The van der Waals surface area contributed by atoms with Crippen molar-refractivity contribution in [3.8, 4) is 5.75 Å². The Morgan fingerprint density at radius 1 is 1.35 bits per heavy atom. The first-order valence-electron chi connectivity index (χ1n) is 6.19. The van der Waals surface area contributed by atoms with Crippen LogP contribution in [0.15, 0.2) is 24.3 Å². The topological polar surface area (TPSA) is 49.3 Å². The maximum atomic E-state index is 11.6. The van der Waals surface area contributed by atoms with Crippen LogP contribution in [-0.4, -0.2) is 17.1 Å². The van der Waals surface area contributed by atoms with Gasteiger partial charge in [-0.3, -0.25) is 4.79 Å². The lowest BCUT2D eigenvalue weighted by Crippen LogP contribution is -2.32. The molecule has 0 heterocycles. The minimum Gasteiger partial charge on any atom is -0.508 e. The third-order valence-corrected chi connectivity index (χ3v) is 2.71. The van der Waals surface area contributed by atoms with Gasteiger partial charge >= 0.3 is 0 Å². The van der Waals surface area contributed by atoms with E-state index in [1.54, 1.807) is 12.1 Å². The molecule has 0 radical (unpaired) electrons. The van der Waals surface area contributed by atoms with Crippen LogP contribution in [0.1, 0.15) is 38.7 Å². The summed E-state index contributed by atoms with van der Waals surface area (Å²) < 4.78 is 0.